The Bertz CT molecular complexity index is 352. The number of hydrogen-bond acceptors (Lipinski definition) is 2. The molecule has 3 nitrogen and oxygen atoms in total. The molecule has 0 aliphatic rings. The highest BCUT2D eigenvalue weighted by Gasteiger charge is 2.30. The molecule has 0 atom stereocenters. The van der Waals surface area contributed by atoms with Gasteiger partial charge < -0.3 is 0 Å². The summed E-state index contributed by atoms with van der Waals surface area (Å²) in [6.45, 7) is 0. The van der Waals surface area contributed by atoms with Crippen LogP contribution in [-0.2, 0) is 6.18 Å². The SMILES string of the molecule is N=[N+]=Nc1cccc(C(F)(F)F)c1. The molecule has 0 aliphatic carbocycles. The van der Waals surface area contributed by atoms with Gasteiger partial charge in [-0.1, -0.05) is 6.07 Å². The number of nitrogens with zero attached hydrogens (tertiary/aromatic N) is 2. The number of halogens is 3. The molecule has 0 radical (unpaired) electrons. The van der Waals surface area contributed by atoms with Gasteiger partial charge in [0.25, 0.3) is 0 Å². The first-order valence-corrected chi connectivity index (χ1v) is 3.29. The summed E-state index contributed by atoms with van der Waals surface area (Å²) < 4.78 is 36.3. The first-order valence-electron chi connectivity index (χ1n) is 3.29. The predicted molar refractivity (Wildman–Crippen MR) is 38.4 cm³/mol. The van der Waals surface area contributed by atoms with Crippen LogP contribution in [0.15, 0.2) is 29.4 Å². The van der Waals surface area contributed by atoms with E-state index in [1.807, 2.05) is 0 Å². The Balaban J connectivity index is 3.12. The fourth-order valence-corrected chi connectivity index (χ4v) is 0.802. The lowest BCUT2D eigenvalue weighted by Gasteiger charge is -2.04. The lowest BCUT2D eigenvalue weighted by molar-refractivity contribution is -0.137. The third-order valence-electron chi connectivity index (χ3n) is 1.34. The molecule has 0 amide bonds. The van der Waals surface area contributed by atoms with Gasteiger partial charge >= 0.3 is 6.18 Å². The summed E-state index contributed by atoms with van der Waals surface area (Å²) in [5.74, 6) is 0. The second-order valence-electron chi connectivity index (χ2n) is 2.25. The van der Waals surface area contributed by atoms with Gasteiger partial charge in [-0.2, -0.15) is 13.2 Å². The summed E-state index contributed by atoms with van der Waals surface area (Å²) in [4.78, 5) is 2.64. The standard InChI is InChI=1S/C7H5F3N3/c8-7(9,10)5-2-1-3-6(4-5)12-13-11/h1-4,11H/q+1. The molecule has 0 fully saturated rings. The molecule has 0 heterocycles. The van der Waals surface area contributed by atoms with E-state index in [2.05, 4.69) is 10.0 Å². The van der Waals surface area contributed by atoms with Crippen LogP contribution in [0.5, 0.6) is 0 Å². The van der Waals surface area contributed by atoms with Crippen LogP contribution in [0.1, 0.15) is 5.56 Å². The largest absolute Gasteiger partial charge is 0.416 e. The van der Waals surface area contributed by atoms with Crippen LogP contribution in [-0.4, -0.2) is 0 Å². The predicted octanol–water partition coefficient (Wildman–Crippen LogP) is 2.89. The number of alkyl halides is 3. The van der Waals surface area contributed by atoms with Gasteiger partial charge in [-0.05, 0) is 18.2 Å². The van der Waals surface area contributed by atoms with Crippen molar-refractivity contribution in [2.24, 2.45) is 5.11 Å². The molecule has 6 heteroatoms. The molecule has 1 N–H and O–H groups in total. The van der Waals surface area contributed by atoms with Gasteiger partial charge in [-0.3, -0.25) is 0 Å². The zero-order chi connectivity index (χ0) is 9.90. The van der Waals surface area contributed by atoms with Gasteiger partial charge in [0, 0.05) is 0 Å². The quantitative estimate of drug-likeness (QED) is 0.520. The maximum atomic E-state index is 12.1. The van der Waals surface area contributed by atoms with E-state index in [9.17, 15) is 13.2 Å². The van der Waals surface area contributed by atoms with Crippen molar-refractivity contribution < 1.29 is 13.2 Å². The Morgan fingerprint density at radius 3 is 2.54 bits per heavy atom. The van der Waals surface area contributed by atoms with Crippen LogP contribution in [0.3, 0.4) is 0 Å². The fourth-order valence-electron chi connectivity index (χ4n) is 0.802. The summed E-state index contributed by atoms with van der Waals surface area (Å²) in [5, 5.41) is 3.17. The smallest absolute Gasteiger partial charge is 0.166 e. The zero-order valence-corrected chi connectivity index (χ0v) is 6.34. The van der Waals surface area contributed by atoms with Crippen molar-refractivity contribution in [1.82, 2.24) is 4.91 Å². The highest BCUT2D eigenvalue weighted by molar-refractivity contribution is 5.40. The summed E-state index contributed by atoms with van der Waals surface area (Å²) in [7, 11) is 0. The minimum Gasteiger partial charge on any atom is -0.166 e. The number of nitrogens with one attached hydrogen (secondary N) is 1. The average molecular weight is 188 g/mol. The van der Waals surface area contributed by atoms with Crippen molar-refractivity contribution in [2.75, 3.05) is 0 Å². The maximum Gasteiger partial charge on any atom is 0.416 e. The maximum absolute atomic E-state index is 12.1. The molecule has 68 valence electrons. The lowest BCUT2D eigenvalue weighted by Crippen LogP contribution is -2.03. The van der Waals surface area contributed by atoms with Crippen LogP contribution >= 0.6 is 0 Å². The van der Waals surface area contributed by atoms with Crippen molar-refractivity contribution in [3.05, 3.63) is 29.8 Å². The van der Waals surface area contributed by atoms with Crippen molar-refractivity contribution in [1.29, 1.82) is 5.53 Å². The van der Waals surface area contributed by atoms with Crippen LogP contribution in [0.2, 0.25) is 0 Å². The van der Waals surface area contributed by atoms with Gasteiger partial charge in [0.15, 0.2) is 10.8 Å². The zero-order valence-electron chi connectivity index (χ0n) is 6.34. The Hall–Kier alpha value is -1.68. The van der Waals surface area contributed by atoms with Crippen molar-refractivity contribution in [2.45, 2.75) is 6.18 Å². The first-order chi connectivity index (χ1) is 6.04. The number of rotatable bonds is 1. The summed E-state index contributed by atoms with van der Waals surface area (Å²) in [5.41, 5.74) is 5.57. The van der Waals surface area contributed by atoms with E-state index in [1.54, 1.807) is 0 Å². The molecule has 1 aromatic rings. The third-order valence-corrected chi connectivity index (χ3v) is 1.34. The van der Waals surface area contributed by atoms with E-state index >= 15 is 0 Å². The second-order valence-corrected chi connectivity index (χ2v) is 2.25. The Labute approximate surface area is 71.4 Å². The number of benzene rings is 1. The highest BCUT2D eigenvalue weighted by atomic mass is 19.4. The van der Waals surface area contributed by atoms with Crippen LogP contribution < -0.4 is 4.91 Å². The minimum absolute atomic E-state index is 0.0184. The van der Waals surface area contributed by atoms with Gasteiger partial charge in [-0.15, -0.1) is 0 Å². The van der Waals surface area contributed by atoms with E-state index in [1.165, 1.54) is 12.1 Å². The fraction of sp³-hybridized carbons (Fsp3) is 0.143. The summed E-state index contributed by atoms with van der Waals surface area (Å²) >= 11 is 0. The van der Waals surface area contributed by atoms with Crippen LogP contribution in [0.4, 0.5) is 18.9 Å². The van der Waals surface area contributed by atoms with Gasteiger partial charge in [0.1, 0.15) is 5.53 Å². The molecule has 0 saturated carbocycles. The molecular weight excluding hydrogens is 183 g/mol. The van der Waals surface area contributed by atoms with E-state index in [-0.39, 0.29) is 5.69 Å². The average Bonchev–Trinajstić information content (AvgIpc) is 2.04. The molecule has 0 spiro atoms. The molecule has 0 unspecified atom stereocenters. The summed E-state index contributed by atoms with van der Waals surface area (Å²) in [6, 6.07) is 4.32. The molecule has 0 aromatic heterocycles. The van der Waals surface area contributed by atoms with E-state index in [0.717, 1.165) is 12.1 Å². The molecule has 0 bridgehead atoms. The van der Waals surface area contributed by atoms with E-state index < -0.39 is 11.7 Å². The van der Waals surface area contributed by atoms with Crippen LogP contribution in [0, 0.1) is 5.53 Å². The molecular formula is C7H5F3N3+. The first kappa shape index (κ1) is 9.41. The third kappa shape index (κ3) is 2.38. The molecule has 0 saturated heterocycles. The highest BCUT2D eigenvalue weighted by Crippen LogP contribution is 2.31. The number of hydrogen-bond donors (Lipinski definition) is 1. The van der Waals surface area contributed by atoms with Crippen molar-refractivity contribution in [3.8, 4) is 0 Å². The van der Waals surface area contributed by atoms with Gasteiger partial charge in [-0.25, -0.2) is 0 Å². The molecule has 1 rings (SSSR count). The molecule has 0 aliphatic heterocycles. The van der Waals surface area contributed by atoms with Crippen molar-refractivity contribution in [3.63, 3.8) is 0 Å². The van der Waals surface area contributed by atoms with Gasteiger partial charge in [0.2, 0.25) is 4.91 Å². The second kappa shape index (κ2) is 3.37. The normalized spacial score (nSPS) is 10.7. The topological polar surface area (TPSA) is 50.3 Å². The van der Waals surface area contributed by atoms with Crippen molar-refractivity contribution >= 4 is 5.69 Å². The Morgan fingerprint density at radius 1 is 1.31 bits per heavy atom. The van der Waals surface area contributed by atoms with Crippen LogP contribution in [0.25, 0.3) is 0 Å². The summed E-state index contributed by atoms with van der Waals surface area (Å²) in [6.07, 6.45) is -4.38. The van der Waals surface area contributed by atoms with E-state index in [0.29, 0.717) is 0 Å². The Kier molecular flexibility index (Phi) is 2.44. The molecule has 1 aromatic carbocycles. The molecule has 13 heavy (non-hydrogen) atoms. The van der Waals surface area contributed by atoms with E-state index in [4.69, 9.17) is 5.53 Å². The Morgan fingerprint density at radius 2 is 2.00 bits per heavy atom. The lowest BCUT2D eigenvalue weighted by atomic mass is 10.2. The monoisotopic (exact) mass is 188 g/mol. The minimum atomic E-state index is -4.38. The van der Waals surface area contributed by atoms with Gasteiger partial charge in [0.05, 0.1) is 5.56 Å².